The van der Waals surface area contributed by atoms with Crippen molar-refractivity contribution < 1.29 is 0 Å². The lowest BCUT2D eigenvalue weighted by Crippen LogP contribution is -2.15. The molecule has 0 saturated carbocycles. The van der Waals surface area contributed by atoms with E-state index in [1.165, 1.54) is 18.0 Å². The normalized spacial score (nSPS) is 19.5. The minimum atomic E-state index is 0.974. The van der Waals surface area contributed by atoms with E-state index in [2.05, 4.69) is 35.5 Å². The van der Waals surface area contributed by atoms with Crippen LogP contribution < -0.4 is 0 Å². The summed E-state index contributed by atoms with van der Waals surface area (Å²) in [6.45, 7) is 0.974. The Bertz CT molecular complexity index is 187. The summed E-state index contributed by atoms with van der Waals surface area (Å²) in [5, 5.41) is 0. The number of rotatable bonds is 4. The molecule has 0 radical (unpaired) electrons. The van der Waals surface area contributed by atoms with Crippen LogP contribution in [0.25, 0.3) is 0 Å². The van der Waals surface area contributed by atoms with Gasteiger partial charge in [-0.1, -0.05) is 6.08 Å². The van der Waals surface area contributed by atoms with Crippen LogP contribution in [0.1, 0.15) is 12.8 Å². The molecule has 3 heteroatoms. The first-order chi connectivity index (χ1) is 5.84. The van der Waals surface area contributed by atoms with Gasteiger partial charge in [-0.2, -0.15) is 11.8 Å². The highest BCUT2D eigenvalue weighted by atomic mass is 32.2. The van der Waals surface area contributed by atoms with E-state index < -0.39 is 0 Å². The van der Waals surface area contributed by atoms with Crippen molar-refractivity contribution in [3.63, 3.8) is 0 Å². The summed E-state index contributed by atoms with van der Waals surface area (Å²) in [4.78, 5) is 6.60. The van der Waals surface area contributed by atoms with Crippen LogP contribution >= 0.6 is 11.8 Å². The molecule has 0 aromatic carbocycles. The highest BCUT2D eigenvalue weighted by Crippen LogP contribution is 2.05. The molecule has 0 aliphatic carbocycles. The second kappa shape index (κ2) is 5.25. The molecular formula is C9H16N2S. The smallest absolute Gasteiger partial charge is 0.106 e. The van der Waals surface area contributed by atoms with Gasteiger partial charge in [0.15, 0.2) is 0 Å². The summed E-state index contributed by atoms with van der Waals surface area (Å²) < 4.78 is 0. The third-order valence-electron chi connectivity index (χ3n) is 1.84. The van der Waals surface area contributed by atoms with E-state index in [1.54, 1.807) is 0 Å². The van der Waals surface area contributed by atoms with Crippen LogP contribution in [0.5, 0.6) is 0 Å². The Kier molecular flexibility index (Phi) is 4.22. The van der Waals surface area contributed by atoms with Gasteiger partial charge in [-0.05, 0) is 18.4 Å². The lowest BCUT2D eigenvalue weighted by atomic mass is 10.4. The SMILES string of the molecule is CSCCC/N=C1\CC=CN1C. The van der Waals surface area contributed by atoms with Gasteiger partial charge >= 0.3 is 0 Å². The van der Waals surface area contributed by atoms with Crippen LogP contribution in [0, 0.1) is 0 Å². The average molecular weight is 184 g/mol. The summed E-state index contributed by atoms with van der Waals surface area (Å²) in [5.74, 6) is 2.42. The third-order valence-corrected chi connectivity index (χ3v) is 2.53. The summed E-state index contributed by atoms with van der Waals surface area (Å²) in [7, 11) is 2.05. The molecule has 1 aliphatic heterocycles. The molecule has 0 bridgehead atoms. The lowest BCUT2D eigenvalue weighted by Gasteiger charge is -2.09. The van der Waals surface area contributed by atoms with Crippen molar-refractivity contribution in [1.82, 2.24) is 4.90 Å². The second-order valence-electron chi connectivity index (χ2n) is 2.84. The first-order valence-corrected chi connectivity index (χ1v) is 5.65. The fourth-order valence-corrected chi connectivity index (χ4v) is 1.56. The molecule has 0 spiro atoms. The predicted molar refractivity (Wildman–Crippen MR) is 56.8 cm³/mol. The van der Waals surface area contributed by atoms with E-state index in [0.29, 0.717) is 0 Å². The van der Waals surface area contributed by atoms with E-state index >= 15 is 0 Å². The van der Waals surface area contributed by atoms with Crippen molar-refractivity contribution in [3.8, 4) is 0 Å². The number of thioether (sulfide) groups is 1. The maximum absolute atomic E-state index is 4.51. The number of hydrogen-bond donors (Lipinski definition) is 0. The molecule has 2 nitrogen and oxygen atoms in total. The minimum Gasteiger partial charge on any atom is -0.340 e. The van der Waals surface area contributed by atoms with Crippen molar-refractivity contribution in [2.24, 2.45) is 4.99 Å². The Hall–Kier alpha value is -0.440. The van der Waals surface area contributed by atoms with E-state index in [4.69, 9.17) is 0 Å². The number of amidine groups is 1. The maximum Gasteiger partial charge on any atom is 0.106 e. The quantitative estimate of drug-likeness (QED) is 0.621. The van der Waals surface area contributed by atoms with Gasteiger partial charge in [0.2, 0.25) is 0 Å². The van der Waals surface area contributed by atoms with Crippen LogP contribution in [0.3, 0.4) is 0 Å². The largest absolute Gasteiger partial charge is 0.340 e. The van der Waals surface area contributed by atoms with Crippen molar-refractivity contribution in [1.29, 1.82) is 0 Å². The van der Waals surface area contributed by atoms with Gasteiger partial charge in [0.1, 0.15) is 5.84 Å². The van der Waals surface area contributed by atoms with Crippen LogP contribution in [-0.2, 0) is 0 Å². The molecular weight excluding hydrogens is 168 g/mol. The monoisotopic (exact) mass is 184 g/mol. The predicted octanol–water partition coefficient (Wildman–Crippen LogP) is 1.99. The standard InChI is InChI=1S/C9H16N2S/c1-11-7-3-5-9(11)10-6-4-8-12-2/h3,7H,4-6,8H2,1-2H3/b10-9+. The molecule has 1 rings (SSSR count). The molecule has 0 saturated heterocycles. The van der Waals surface area contributed by atoms with E-state index in [1.807, 2.05) is 11.8 Å². The van der Waals surface area contributed by atoms with Gasteiger partial charge in [-0.3, -0.25) is 4.99 Å². The zero-order valence-electron chi connectivity index (χ0n) is 7.79. The molecule has 0 atom stereocenters. The maximum atomic E-state index is 4.51. The van der Waals surface area contributed by atoms with Gasteiger partial charge < -0.3 is 4.90 Å². The number of aliphatic imine (C=N–C) groups is 1. The second-order valence-corrected chi connectivity index (χ2v) is 3.83. The zero-order valence-corrected chi connectivity index (χ0v) is 8.60. The van der Waals surface area contributed by atoms with Crippen molar-refractivity contribution in [2.75, 3.05) is 25.6 Å². The molecule has 0 amide bonds. The lowest BCUT2D eigenvalue weighted by molar-refractivity contribution is 0.690. The highest BCUT2D eigenvalue weighted by molar-refractivity contribution is 7.98. The summed E-state index contributed by atoms with van der Waals surface area (Å²) in [5.41, 5.74) is 0. The Morgan fingerprint density at radius 3 is 3.08 bits per heavy atom. The Labute approximate surface area is 78.7 Å². The fourth-order valence-electron chi connectivity index (χ4n) is 1.14. The highest BCUT2D eigenvalue weighted by Gasteiger charge is 2.06. The van der Waals surface area contributed by atoms with Gasteiger partial charge in [0.05, 0.1) is 0 Å². The fraction of sp³-hybridized carbons (Fsp3) is 0.667. The Balaban J connectivity index is 2.19. The molecule has 12 heavy (non-hydrogen) atoms. The molecule has 0 aromatic heterocycles. The van der Waals surface area contributed by atoms with E-state index in [9.17, 15) is 0 Å². The van der Waals surface area contributed by atoms with Gasteiger partial charge in [0.25, 0.3) is 0 Å². The molecule has 0 N–H and O–H groups in total. The summed E-state index contributed by atoms with van der Waals surface area (Å²) in [6.07, 6.45) is 8.56. The van der Waals surface area contributed by atoms with Crippen molar-refractivity contribution in [3.05, 3.63) is 12.3 Å². The first-order valence-electron chi connectivity index (χ1n) is 4.26. The van der Waals surface area contributed by atoms with E-state index in [0.717, 1.165) is 13.0 Å². The average Bonchev–Trinajstić information content (AvgIpc) is 2.46. The van der Waals surface area contributed by atoms with Crippen LogP contribution in [0.15, 0.2) is 17.3 Å². The van der Waals surface area contributed by atoms with Crippen LogP contribution in [0.2, 0.25) is 0 Å². The molecule has 0 fully saturated rings. The van der Waals surface area contributed by atoms with Gasteiger partial charge in [-0.25, -0.2) is 0 Å². The summed E-state index contributed by atoms with van der Waals surface area (Å²) >= 11 is 1.89. The molecule has 0 unspecified atom stereocenters. The zero-order chi connectivity index (χ0) is 8.81. The summed E-state index contributed by atoms with van der Waals surface area (Å²) in [6, 6.07) is 0. The van der Waals surface area contributed by atoms with E-state index in [-0.39, 0.29) is 0 Å². The number of nitrogens with zero attached hydrogens (tertiary/aromatic N) is 2. The van der Waals surface area contributed by atoms with Crippen molar-refractivity contribution in [2.45, 2.75) is 12.8 Å². The van der Waals surface area contributed by atoms with Gasteiger partial charge in [-0.15, -0.1) is 0 Å². The third kappa shape index (κ3) is 2.89. The molecule has 1 aliphatic rings. The first kappa shape index (κ1) is 9.65. The Morgan fingerprint density at radius 2 is 2.50 bits per heavy atom. The topological polar surface area (TPSA) is 15.6 Å². The molecule has 68 valence electrons. The Morgan fingerprint density at radius 1 is 1.67 bits per heavy atom. The molecule has 1 heterocycles. The van der Waals surface area contributed by atoms with Crippen molar-refractivity contribution >= 4 is 17.6 Å². The van der Waals surface area contributed by atoms with Crippen LogP contribution in [0.4, 0.5) is 0 Å². The minimum absolute atomic E-state index is 0.974. The number of hydrogen-bond acceptors (Lipinski definition) is 2. The molecule has 0 aromatic rings. The van der Waals surface area contributed by atoms with Crippen LogP contribution in [-0.4, -0.2) is 36.3 Å². The van der Waals surface area contributed by atoms with Gasteiger partial charge in [0, 0.05) is 26.2 Å².